The van der Waals surface area contributed by atoms with E-state index in [0.717, 1.165) is 71.6 Å². The molecule has 7 heterocycles. The first-order valence-corrected chi connectivity index (χ1v) is 30.9. The maximum atomic E-state index is 6.84. The van der Waals surface area contributed by atoms with Gasteiger partial charge in [-0.05, 0) is 173 Å². The number of aromatic nitrogens is 1. The zero-order chi connectivity index (χ0) is 55.8. The maximum Gasteiger partial charge on any atom is 0.333 e. The second kappa shape index (κ2) is 17.9. The van der Waals surface area contributed by atoms with Crippen molar-refractivity contribution in [1.29, 1.82) is 0 Å². The molecule has 0 aliphatic carbocycles. The van der Waals surface area contributed by atoms with Gasteiger partial charge in [0.15, 0.2) is 0 Å². The molecule has 0 radical (unpaired) electrons. The fraction of sp³-hybridized carbons (Fsp3) is 0.0400. The summed E-state index contributed by atoms with van der Waals surface area (Å²) in [5.74, 6) is 3.56. The Labute approximate surface area is 501 Å². The van der Waals surface area contributed by atoms with Crippen LogP contribution in [-0.2, 0) is 6.42 Å². The number of hydrogen-bond donors (Lipinski definition) is 0. The molecular weight excluding hydrogens is 1070 g/mol. The number of hydrogen-bond acceptors (Lipinski definition) is 7. The Hall–Kier alpha value is -9.73. The first kappa shape index (κ1) is 47.7. The lowest BCUT2D eigenvalue weighted by Gasteiger charge is -2.46. The minimum atomic E-state index is -0.111. The largest absolute Gasteiger partial charge is 0.455 e. The summed E-state index contributed by atoms with van der Waals surface area (Å²) in [6.07, 6.45) is 0.740. The van der Waals surface area contributed by atoms with Gasteiger partial charge in [0.1, 0.15) is 23.0 Å². The summed E-state index contributed by atoms with van der Waals surface area (Å²) in [5.41, 5.74) is 26.9. The monoisotopic (exact) mass is 1120 g/mol. The SMILES string of the molecule is Cc1cc2c3c(c1)N(c1ccccc1)c1ccccc1B3N(c1ccc(Cc3cc4c5c(c3)-n3c6ccccc6c6cccc(c63)B5N(c3ccccc3C)c3cc5c(cc3-4)Sc3ccccc3O5)cc1)c1cc3c(cc1-2)Oc1ccccc1S3. The van der Waals surface area contributed by atoms with Crippen molar-refractivity contribution in [2.24, 2.45) is 0 Å². The molecule has 6 aliphatic heterocycles. The number of aryl methyl sites for hydroxylation is 2. The van der Waals surface area contributed by atoms with Crippen molar-refractivity contribution in [2.75, 3.05) is 14.5 Å². The fourth-order valence-electron chi connectivity index (χ4n) is 14.9. The van der Waals surface area contributed by atoms with Crippen LogP contribution in [0.2, 0.25) is 0 Å². The lowest BCUT2D eigenvalue weighted by atomic mass is 9.43. The highest BCUT2D eigenvalue weighted by atomic mass is 32.2. The number of fused-ring (bicyclic) bond motifs is 15. The first-order chi connectivity index (χ1) is 42.0. The number of para-hydroxylation sites is 7. The molecule has 13 aromatic rings. The van der Waals surface area contributed by atoms with Gasteiger partial charge in [0.2, 0.25) is 0 Å². The highest BCUT2D eigenvalue weighted by Crippen LogP contribution is 2.56. The summed E-state index contributed by atoms with van der Waals surface area (Å²) < 4.78 is 16.2. The minimum absolute atomic E-state index is 0.106. The van der Waals surface area contributed by atoms with E-state index in [1.807, 2.05) is 0 Å². The molecule has 0 spiro atoms. The molecule has 19 rings (SSSR count). The third kappa shape index (κ3) is 6.89. The molecule has 10 heteroatoms. The van der Waals surface area contributed by atoms with Crippen LogP contribution in [-0.4, -0.2) is 18.3 Å². The number of ether oxygens (including phenoxy) is 2. The van der Waals surface area contributed by atoms with Gasteiger partial charge in [-0.15, -0.1) is 0 Å². The Morgan fingerprint density at radius 3 is 1.81 bits per heavy atom. The Morgan fingerprint density at radius 2 is 1.00 bits per heavy atom. The third-order valence-corrected chi connectivity index (χ3v) is 20.6. The predicted octanol–water partition coefficient (Wildman–Crippen LogP) is 17.5. The second-order valence-electron chi connectivity index (χ2n) is 23.3. The average molecular weight is 1120 g/mol. The normalized spacial score (nSPS) is 14.0. The van der Waals surface area contributed by atoms with Crippen molar-refractivity contribution in [3.8, 4) is 50.9 Å². The third-order valence-electron chi connectivity index (χ3n) is 18.4. The van der Waals surface area contributed by atoms with E-state index in [1.54, 1.807) is 23.5 Å². The van der Waals surface area contributed by atoms with E-state index in [0.29, 0.717) is 0 Å². The molecule has 0 fully saturated rings. The van der Waals surface area contributed by atoms with Crippen LogP contribution in [0, 0.1) is 13.8 Å². The summed E-state index contributed by atoms with van der Waals surface area (Å²) >= 11 is 3.59. The molecule has 0 atom stereocenters. The lowest BCUT2D eigenvalue weighted by Crippen LogP contribution is -2.61. The minimum Gasteiger partial charge on any atom is -0.455 e. The standard InChI is InChI=1S/C75H48B2N4O2S2/c1-44-35-54-52-40-67-72(85-70-30-15-12-27-65(70)82-67)43-62(52)80(76-56-22-8-11-26-60(56)78(63(36-44)73(54)76)48-18-4-3-5-19-48)49-33-31-46(32-34-49)37-47-38-55-53-41-71-68(83-66-28-13-14-29-69(66)84-71)42-61(53)81(58-24-9-6-17-45(58)2)77-57-23-16-21-51-50-20-7-10-25-59(50)79(75(51)57)64(39-47)74(55)77/h3-36,38-43H,37H2,1-2H3. The van der Waals surface area contributed by atoms with Crippen LogP contribution in [0.15, 0.2) is 262 Å². The van der Waals surface area contributed by atoms with Gasteiger partial charge < -0.3 is 28.6 Å². The van der Waals surface area contributed by atoms with Gasteiger partial charge in [-0.2, -0.15) is 0 Å². The van der Waals surface area contributed by atoms with Gasteiger partial charge in [-0.25, -0.2) is 0 Å². The molecule has 398 valence electrons. The Balaban J connectivity index is 0.793. The molecular formula is C75H48B2N4O2S2. The van der Waals surface area contributed by atoms with Gasteiger partial charge in [-0.3, -0.25) is 0 Å². The van der Waals surface area contributed by atoms with Crippen molar-refractivity contribution >= 4 is 121 Å². The zero-order valence-electron chi connectivity index (χ0n) is 46.4. The van der Waals surface area contributed by atoms with E-state index in [4.69, 9.17) is 9.47 Å². The van der Waals surface area contributed by atoms with Gasteiger partial charge in [0.05, 0.1) is 30.6 Å². The molecule has 0 N–H and O–H groups in total. The summed E-state index contributed by atoms with van der Waals surface area (Å²) in [4.78, 5) is 12.2. The number of rotatable bonds is 5. The summed E-state index contributed by atoms with van der Waals surface area (Å²) in [6, 6.07) is 90.2. The van der Waals surface area contributed by atoms with Crippen LogP contribution < -0.4 is 45.8 Å². The molecule has 6 nitrogen and oxygen atoms in total. The number of benzene rings is 12. The van der Waals surface area contributed by atoms with Crippen molar-refractivity contribution in [1.82, 2.24) is 4.57 Å². The van der Waals surface area contributed by atoms with E-state index >= 15 is 0 Å². The van der Waals surface area contributed by atoms with Crippen molar-refractivity contribution in [3.05, 3.63) is 265 Å². The molecule has 1 aromatic heterocycles. The molecule has 6 aliphatic rings. The maximum absolute atomic E-state index is 6.84. The molecule has 12 aromatic carbocycles. The average Bonchev–Trinajstić information content (AvgIpc) is 2.40. The van der Waals surface area contributed by atoms with E-state index in [1.165, 1.54) is 111 Å². The summed E-state index contributed by atoms with van der Waals surface area (Å²) in [5, 5.41) is 2.53. The molecule has 0 bridgehead atoms. The summed E-state index contributed by atoms with van der Waals surface area (Å²) in [7, 11) is 0. The topological polar surface area (TPSA) is 33.1 Å². The van der Waals surface area contributed by atoms with Crippen molar-refractivity contribution in [3.63, 3.8) is 0 Å². The van der Waals surface area contributed by atoms with Gasteiger partial charge >= 0.3 is 13.7 Å². The zero-order valence-corrected chi connectivity index (χ0v) is 48.0. The predicted molar refractivity (Wildman–Crippen MR) is 354 cm³/mol. The second-order valence-corrected chi connectivity index (χ2v) is 25.4. The van der Waals surface area contributed by atoms with Crippen LogP contribution in [0.3, 0.4) is 0 Å². The fourth-order valence-corrected chi connectivity index (χ4v) is 16.8. The van der Waals surface area contributed by atoms with Gasteiger partial charge in [0.25, 0.3) is 0 Å². The molecule has 0 unspecified atom stereocenters. The lowest BCUT2D eigenvalue weighted by molar-refractivity contribution is 0.454. The molecule has 0 saturated heterocycles. The highest BCUT2D eigenvalue weighted by molar-refractivity contribution is 8.00. The van der Waals surface area contributed by atoms with E-state index in [2.05, 4.69) is 276 Å². The van der Waals surface area contributed by atoms with E-state index in [9.17, 15) is 0 Å². The van der Waals surface area contributed by atoms with Crippen LogP contribution in [0.1, 0.15) is 22.3 Å². The van der Waals surface area contributed by atoms with Gasteiger partial charge in [0, 0.05) is 73.5 Å². The summed E-state index contributed by atoms with van der Waals surface area (Å²) in [6.45, 7) is 4.26. The molecule has 85 heavy (non-hydrogen) atoms. The number of anilines is 7. The van der Waals surface area contributed by atoms with E-state index < -0.39 is 0 Å². The smallest absolute Gasteiger partial charge is 0.333 e. The Bertz CT molecular complexity index is 5080. The van der Waals surface area contributed by atoms with Crippen molar-refractivity contribution < 1.29 is 9.47 Å². The van der Waals surface area contributed by atoms with Crippen LogP contribution in [0.25, 0.3) is 49.7 Å². The quantitative estimate of drug-likeness (QED) is 0.159. The van der Waals surface area contributed by atoms with E-state index in [-0.39, 0.29) is 13.7 Å². The van der Waals surface area contributed by atoms with Crippen LogP contribution >= 0.6 is 23.5 Å². The molecule has 0 amide bonds. The number of nitrogens with zero attached hydrogens (tertiary/aromatic N) is 4. The van der Waals surface area contributed by atoms with Crippen LogP contribution in [0.5, 0.6) is 23.0 Å². The highest BCUT2D eigenvalue weighted by Gasteiger charge is 2.47. The first-order valence-electron chi connectivity index (χ1n) is 29.2. The van der Waals surface area contributed by atoms with Gasteiger partial charge in [-0.1, -0.05) is 163 Å². The Morgan fingerprint density at radius 1 is 0.376 bits per heavy atom. The van der Waals surface area contributed by atoms with Crippen LogP contribution in [0.4, 0.5) is 39.8 Å². The van der Waals surface area contributed by atoms with Crippen molar-refractivity contribution in [2.45, 2.75) is 39.9 Å². The molecule has 0 saturated carbocycles. The Kier molecular flexibility index (Phi) is 10.0.